The molecule has 0 radical (unpaired) electrons. The Labute approximate surface area is 189 Å². The average Bonchev–Trinajstić information content (AvgIpc) is 3.18. The molecule has 5 nitrogen and oxygen atoms in total. The van der Waals surface area contributed by atoms with Gasteiger partial charge in [0.15, 0.2) is 0 Å². The number of nitrogens with zero attached hydrogens (tertiary/aromatic N) is 3. The zero-order valence-corrected chi connectivity index (χ0v) is 18.6. The highest BCUT2D eigenvalue weighted by Crippen LogP contribution is 2.26. The van der Waals surface area contributed by atoms with Crippen molar-refractivity contribution in [2.24, 2.45) is 13.0 Å². The molecule has 2 heterocycles. The normalized spacial score (nSPS) is 15.1. The molecule has 3 aromatic rings. The molecule has 1 fully saturated rings. The van der Waals surface area contributed by atoms with Crippen molar-refractivity contribution in [3.63, 3.8) is 0 Å². The number of rotatable bonds is 8. The number of benzene rings is 2. The summed E-state index contributed by atoms with van der Waals surface area (Å²) in [5.41, 5.74) is 4.40. The van der Waals surface area contributed by atoms with Crippen molar-refractivity contribution in [1.29, 1.82) is 0 Å². The largest absolute Gasteiger partial charge is 0.352 e. The SMILES string of the molecule is Cn1cc(CN2CCC(CCC(=O)NCc3ccc(F)cc3)CC2)c(-c2ccccc2)n1. The monoisotopic (exact) mass is 434 g/mol. The number of carbonyl (C=O) groups is 1. The number of hydrogen-bond acceptors (Lipinski definition) is 3. The summed E-state index contributed by atoms with van der Waals surface area (Å²) >= 11 is 0. The highest BCUT2D eigenvalue weighted by molar-refractivity contribution is 5.75. The first kappa shape index (κ1) is 22.2. The zero-order chi connectivity index (χ0) is 22.3. The van der Waals surface area contributed by atoms with E-state index >= 15 is 0 Å². The number of piperidine rings is 1. The molecule has 0 bridgehead atoms. The Bertz CT molecular complexity index is 1010. The van der Waals surface area contributed by atoms with Crippen molar-refractivity contribution in [2.45, 2.75) is 38.8 Å². The van der Waals surface area contributed by atoms with Crippen LogP contribution in [0.3, 0.4) is 0 Å². The van der Waals surface area contributed by atoms with Gasteiger partial charge in [-0.1, -0.05) is 42.5 Å². The maximum absolute atomic E-state index is 13.0. The van der Waals surface area contributed by atoms with Crippen LogP contribution in [0.15, 0.2) is 60.8 Å². The van der Waals surface area contributed by atoms with E-state index < -0.39 is 0 Å². The molecule has 4 rings (SSSR count). The van der Waals surface area contributed by atoms with Crippen LogP contribution in [0.2, 0.25) is 0 Å². The molecule has 0 aliphatic carbocycles. The van der Waals surface area contributed by atoms with Gasteiger partial charge in [0, 0.05) is 43.9 Å². The van der Waals surface area contributed by atoms with E-state index in [-0.39, 0.29) is 11.7 Å². The van der Waals surface area contributed by atoms with Crippen LogP contribution in [0.25, 0.3) is 11.3 Å². The van der Waals surface area contributed by atoms with E-state index in [0.29, 0.717) is 18.9 Å². The van der Waals surface area contributed by atoms with Crippen molar-refractivity contribution in [3.8, 4) is 11.3 Å². The minimum atomic E-state index is -0.258. The Morgan fingerprint density at radius 2 is 1.81 bits per heavy atom. The first-order chi connectivity index (χ1) is 15.6. The van der Waals surface area contributed by atoms with Gasteiger partial charge in [0.05, 0.1) is 5.69 Å². The van der Waals surface area contributed by atoms with Crippen molar-refractivity contribution in [2.75, 3.05) is 13.1 Å². The van der Waals surface area contributed by atoms with E-state index in [4.69, 9.17) is 0 Å². The van der Waals surface area contributed by atoms with Crippen molar-refractivity contribution in [3.05, 3.63) is 77.7 Å². The van der Waals surface area contributed by atoms with Crippen LogP contribution in [0, 0.1) is 11.7 Å². The van der Waals surface area contributed by atoms with Crippen LogP contribution in [0.4, 0.5) is 4.39 Å². The second-order valence-corrected chi connectivity index (χ2v) is 8.70. The summed E-state index contributed by atoms with van der Waals surface area (Å²) in [6.07, 6.45) is 5.83. The fourth-order valence-electron chi connectivity index (χ4n) is 4.39. The molecule has 2 aromatic carbocycles. The van der Waals surface area contributed by atoms with Gasteiger partial charge in [-0.15, -0.1) is 0 Å². The second-order valence-electron chi connectivity index (χ2n) is 8.70. The number of aryl methyl sites for hydroxylation is 1. The van der Waals surface area contributed by atoms with Crippen LogP contribution in [-0.2, 0) is 24.9 Å². The highest BCUT2D eigenvalue weighted by atomic mass is 19.1. The lowest BCUT2D eigenvalue weighted by Crippen LogP contribution is -2.33. The first-order valence-corrected chi connectivity index (χ1v) is 11.4. The molecule has 168 valence electrons. The summed E-state index contributed by atoms with van der Waals surface area (Å²) in [5.74, 6) is 0.399. The molecule has 0 atom stereocenters. The van der Waals surface area contributed by atoms with E-state index in [1.54, 1.807) is 12.1 Å². The zero-order valence-electron chi connectivity index (χ0n) is 18.6. The van der Waals surface area contributed by atoms with Crippen molar-refractivity contribution in [1.82, 2.24) is 20.0 Å². The summed E-state index contributed by atoms with van der Waals surface area (Å²) < 4.78 is 14.9. The van der Waals surface area contributed by atoms with Crippen LogP contribution in [0.1, 0.15) is 36.8 Å². The lowest BCUT2D eigenvalue weighted by atomic mass is 9.91. The predicted octanol–water partition coefficient (Wildman–Crippen LogP) is 4.53. The number of halogens is 1. The van der Waals surface area contributed by atoms with Crippen LogP contribution >= 0.6 is 0 Å². The maximum Gasteiger partial charge on any atom is 0.220 e. The summed E-state index contributed by atoms with van der Waals surface area (Å²) in [4.78, 5) is 14.7. The summed E-state index contributed by atoms with van der Waals surface area (Å²) in [7, 11) is 1.98. The Kier molecular flexibility index (Phi) is 7.32. The predicted molar refractivity (Wildman–Crippen MR) is 124 cm³/mol. The van der Waals surface area contributed by atoms with Gasteiger partial charge in [0.25, 0.3) is 0 Å². The lowest BCUT2D eigenvalue weighted by Gasteiger charge is -2.31. The standard InChI is InChI=1S/C26H31FN4O/c1-30-18-23(26(29-30)22-5-3-2-4-6-22)19-31-15-13-20(14-16-31)9-12-25(32)28-17-21-7-10-24(27)11-8-21/h2-8,10-11,18,20H,9,12-17,19H2,1H3,(H,28,32). The van der Waals surface area contributed by atoms with E-state index in [1.165, 1.54) is 17.7 Å². The van der Waals surface area contributed by atoms with Gasteiger partial charge in [-0.05, 0) is 56.0 Å². The van der Waals surface area contributed by atoms with Gasteiger partial charge in [0.2, 0.25) is 5.91 Å². The highest BCUT2D eigenvalue weighted by Gasteiger charge is 2.21. The molecule has 1 N–H and O–H groups in total. The van der Waals surface area contributed by atoms with Crippen LogP contribution in [0.5, 0.6) is 0 Å². The minimum Gasteiger partial charge on any atom is -0.352 e. The van der Waals surface area contributed by atoms with Crippen molar-refractivity contribution >= 4 is 5.91 Å². The molecule has 0 spiro atoms. The van der Waals surface area contributed by atoms with Crippen LogP contribution in [-0.4, -0.2) is 33.7 Å². The molecule has 1 aromatic heterocycles. The summed E-state index contributed by atoms with van der Waals surface area (Å²) in [6, 6.07) is 16.6. The topological polar surface area (TPSA) is 50.2 Å². The number of carbonyl (C=O) groups excluding carboxylic acids is 1. The third-order valence-electron chi connectivity index (χ3n) is 6.24. The fraction of sp³-hybridized carbons (Fsp3) is 0.385. The first-order valence-electron chi connectivity index (χ1n) is 11.4. The fourth-order valence-corrected chi connectivity index (χ4v) is 4.39. The molecule has 1 amide bonds. The minimum absolute atomic E-state index is 0.0691. The van der Waals surface area contributed by atoms with E-state index in [1.807, 2.05) is 17.8 Å². The molecule has 32 heavy (non-hydrogen) atoms. The molecule has 6 heteroatoms. The average molecular weight is 435 g/mol. The van der Waals surface area contributed by atoms with Gasteiger partial charge in [-0.3, -0.25) is 14.4 Å². The van der Waals surface area contributed by atoms with Gasteiger partial charge in [0.1, 0.15) is 5.82 Å². The molecule has 1 aliphatic rings. The quantitative estimate of drug-likeness (QED) is 0.567. The summed E-state index contributed by atoms with van der Waals surface area (Å²) in [5, 5.41) is 7.62. The molecular weight excluding hydrogens is 403 g/mol. The van der Waals surface area contributed by atoms with E-state index in [2.05, 4.69) is 45.8 Å². The molecule has 0 saturated carbocycles. The number of aromatic nitrogens is 2. The third-order valence-corrected chi connectivity index (χ3v) is 6.24. The maximum atomic E-state index is 13.0. The lowest BCUT2D eigenvalue weighted by molar-refractivity contribution is -0.121. The third kappa shape index (κ3) is 6.04. The van der Waals surface area contributed by atoms with Gasteiger partial charge >= 0.3 is 0 Å². The number of hydrogen-bond donors (Lipinski definition) is 1. The van der Waals surface area contributed by atoms with Crippen molar-refractivity contribution < 1.29 is 9.18 Å². The van der Waals surface area contributed by atoms with E-state index in [9.17, 15) is 9.18 Å². The Hall–Kier alpha value is -2.99. The van der Waals surface area contributed by atoms with Gasteiger partial charge in [-0.2, -0.15) is 5.10 Å². The molecule has 1 aliphatic heterocycles. The smallest absolute Gasteiger partial charge is 0.220 e. The molecule has 0 unspecified atom stereocenters. The van der Waals surface area contributed by atoms with Gasteiger partial charge in [-0.25, -0.2) is 4.39 Å². The Balaban J connectivity index is 1.20. The summed E-state index contributed by atoms with van der Waals surface area (Å²) in [6.45, 7) is 3.45. The Morgan fingerprint density at radius 3 is 2.53 bits per heavy atom. The number of amides is 1. The molecular formula is C26H31FN4O. The second kappa shape index (κ2) is 10.6. The Morgan fingerprint density at radius 1 is 1.09 bits per heavy atom. The van der Waals surface area contributed by atoms with E-state index in [0.717, 1.165) is 55.7 Å². The number of likely N-dealkylation sites (tertiary alicyclic amines) is 1. The van der Waals surface area contributed by atoms with Crippen LogP contribution < -0.4 is 5.32 Å². The van der Waals surface area contributed by atoms with Gasteiger partial charge < -0.3 is 5.32 Å². The molecule has 1 saturated heterocycles. The number of nitrogens with one attached hydrogen (secondary N) is 1.